The Morgan fingerprint density at radius 1 is 1.53 bits per heavy atom. The summed E-state index contributed by atoms with van der Waals surface area (Å²) >= 11 is 9.45. The molecule has 77 valence electrons. The SMILES string of the molecule is CC(=O)NC1=C[N]c2ccc(Br)c(Cl)c21. The molecule has 3 nitrogen and oxygen atoms in total. The summed E-state index contributed by atoms with van der Waals surface area (Å²) in [4.78, 5) is 11.0. The summed E-state index contributed by atoms with van der Waals surface area (Å²) in [5, 5.41) is 7.41. The molecule has 1 amide bonds. The predicted molar refractivity (Wildman–Crippen MR) is 62.7 cm³/mol. The Morgan fingerprint density at radius 3 is 2.93 bits per heavy atom. The minimum atomic E-state index is -0.139. The molecule has 5 heteroatoms. The maximum Gasteiger partial charge on any atom is 0.221 e. The summed E-state index contributed by atoms with van der Waals surface area (Å²) in [6.07, 6.45) is 1.60. The highest BCUT2D eigenvalue weighted by molar-refractivity contribution is 9.10. The van der Waals surface area contributed by atoms with Gasteiger partial charge in [0.2, 0.25) is 5.91 Å². The van der Waals surface area contributed by atoms with E-state index in [9.17, 15) is 4.79 Å². The van der Waals surface area contributed by atoms with Gasteiger partial charge < -0.3 is 5.32 Å². The van der Waals surface area contributed by atoms with Crippen LogP contribution in [-0.2, 0) is 4.79 Å². The van der Waals surface area contributed by atoms with E-state index in [0.717, 1.165) is 15.7 Å². The van der Waals surface area contributed by atoms with E-state index in [0.29, 0.717) is 10.7 Å². The molecule has 1 N–H and O–H groups in total. The third kappa shape index (κ3) is 1.87. The van der Waals surface area contributed by atoms with E-state index >= 15 is 0 Å². The summed E-state index contributed by atoms with van der Waals surface area (Å²) in [5.74, 6) is -0.139. The van der Waals surface area contributed by atoms with Gasteiger partial charge in [0.05, 0.1) is 22.6 Å². The van der Waals surface area contributed by atoms with Gasteiger partial charge >= 0.3 is 0 Å². The topological polar surface area (TPSA) is 43.2 Å². The van der Waals surface area contributed by atoms with E-state index in [2.05, 4.69) is 26.6 Å². The predicted octanol–water partition coefficient (Wildman–Crippen LogP) is 2.79. The van der Waals surface area contributed by atoms with Crippen molar-refractivity contribution in [2.24, 2.45) is 0 Å². The zero-order valence-corrected chi connectivity index (χ0v) is 10.2. The fourth-order valence-electron chi connectivity index (χ4n) is 1.39. The van der Waals surface area contributed by atoms with Gasteiger partial charge in [0.1, 0.15) is 0 Å². The maximum atomic E-state index is 11.0. The van der Waals surface area contributed by atoms with Gasteiger partial charge in [-0.1, -0.05) is 11.6 Å². The summed E-state index contributed by atoms with van der Waals surface area (Å²) in [7, 11) is 0. The molecule has 0 saturated carbocycles. The maximum absolute atomic E-state index is 11.0. The minimum Gasteiger partial charge on any atom is -0.324 e. The quantitative estimate of drug-likeness (QED) is 0.847. The Balaban J connectivity index is 2.46. The molecule has 0 aromatic heterocycles. The molecule has 1 aromatic rings. The number of fused-ring (bicyclic) bond motifs is 1. The van der Waals surface area contributed by atoms with E-state index in [1.54, 1.807) is 6.20 Å². The van der Waals surface area contributed by atoms with E-state index in [4.69, 9.17) is 11.6 Å². The minimum absolute atomic E-state index is 0.139. The van der Waals surface area contributed by atoms with Crippen LogP contribution in [0.3, 0.4) is 0 Å². The number of nitrogens with zero attached hydrogens (tertiary/aromatic N) is 1. The van der Waals surface area contributed by atoms with E-state index in [1.807, 2.05) is 12.1 Å². The van der Waals surface area contributed by atoms with Crippen LogP contribution in [0.5, 0.6) is 0 Å². The molecule has 0 bridgehead atoms. The Labute approximate surface area is 101 Å². The summed E-state index contributed by atoms with van der Waals surface area (Å²) in [5.41, 5.74) is 2.18. The number of amides is 1. The number of nitrogens with one attached hydrogen (secondary N) is 1. The van der Waals surface area contributed by atoms with Crippen molar-refractivity contribution < 1.29 is 4.79 Å². The molecular formula is C10H7BrClN2O. The second-order valence-corrected chi connectivity index (χ2v) is 4.34. The summed E-state index contributed by atoms with van der Waals surface area (Å²) in [6, 6.07) is 3.67. The van der Waals surface area contributed by atoms with Crippen LogP contribution in [0.25, 0.3) is 5.70 Å². The van der Waals surface area contributed by atoms with Crippen LogP contribution < -0.4 is 10.6 Å². The number of hydrogen-bond donors (Lipinski definition) is 1. The second-order valence-electron chi connectivity index (χ2n) is 3.11. The fourth-order valence-corrected chi connectivity index (χ4v) is 1.98. The average molecular weight is 287 g/mol. The molecule has 1 aromatic carbocycles. The third-order valence-corrected chi connectivity index (χ3v) is 3.27. The molecule has 0 aliphatic carbocycles. The molecule has 0 unspecified atom stereocenters. The van der Waals surface area contributed by atoms with Crippen LogP contribution in [0.4, 0.5) is 5.69 Å². The molecule has 2 rings (SSSR count). The van der Waals surface area contributed by atoms with Crippen LogP contribution in [0.1, 0.15) is 12.5 Å². The van der Waals surface area contributed by atoms with Crippen molar-refractivity contribution >= 4 is 44.8 Å². The van der Waals surface area contributed by atoms with Crippen LogP contribution in [-0.4, -0.2) is 5.91 Å². The first-order valence-electron chi connectivity index (χ1n) is 4.26. The van der Waals surface area contributed by atoms with Crippen molar-refractivity contribution in [3.63, 3.8) is 0 Å². The highest BCUT2D eigenvalue weighted by Gasteiger charge is 2.20. The van der Waals surface area contributed by atoms with Crippen LogP contribution >= 0.6 is 27.5 Å². The Morgan fingerprint density at radius 2 is 2.27 bits per heavy atom. The monoisotopic (exact) mass is 285 g/mol. The van der Waals surface area contributed by atoms with Gasteiger partial charge in [0.25, 0.3) is 0 Å². The van der Waals surface area contributed by atoms with Crippen LogP contribution in [0.2, 0.25) is 5.02 Å². The lowest BCUT2D eigenvalue weighted by Crippen LogP contribution is -2.17. The molecule has 0 saturated heterocycles. The number of hydrogen-bond acceptors (Lipinski definition) is 1. The molecule has 1 radical (unpaired) electrons. The highest BCUT2D eigenvalue weighted by atomic mass is 79.9. The molecule has 0 fully saturated rings. The van der Waals surface area contributed by atoms with Crippen molar-refractivity contribution in [3.05, 3.63) is 33.4 Å². The van der Waals surface area contributed by atoms with Crippen molar-refractivity contribution in [1.82, 2.24) is 10.6 Å². The standard InChI is InChI=1S/C10H7BrClN2O/c1-5(15)14-8-4-13-7-3-2-6(11)10(12)9(7)8/h2-4H,1H3,(H,14,15). The van der Waals surface area contributed by atoms with Gasteiger partial charge in [-0.25, -0.2) is 0 Å². The smallest absolute Gasteiger partial charge is 0.221 e. The van der Waals surface area contributed by atoms with Crippen LogP contribution in [0.15, 0.2) is 22.8 Å². The number of halogens is 2. The van der Waals surface area contributed by atoms with Gasteiger partial charge in [-0.15, -0.1) is 0 Å². The van der Waals surface area contributed by atoms with Gasteiger partial charge in [0, 0.05) is 17.0 Å². The van der Waals surface area contributed by atoms with Gasteiger partial charge in [0.15, 0.2) is 0 Å². The van der Waals surface area contributed by atoms with Crippen LogP contribution in [0, 0.1) is 0 Å². The van der Waals surface area contributed by atoms with Crippen molar-refractivity contribution in [2.75, 3.05) is 0 Å². The average Bonchev–Trinajstić information content (AvgIpc) is 2.55. The molecule has 1 aliphatic heterocycles. The van der Waals surface area contributed by atoms with E-state index in [1.165, 1.54) is 6.92 Å². The van der Waals surface area contributed by atoms with Gasteiger partial charge in [-0.2, -0.15) is 0 Å². The first-order chi connectivity index (χ1) is 7.09. The number of carbonyl (C=O) groups excluding carboxylic acids is 1. The lowest BCUT2D eigenvalue weighted by Gasteiger charge is -2.07. The van der Waals surface area contributed by atoms with Crippen molar-refractivity contribution in [1.29, 1.82) is 0 Å². The first kappa shape index (κ1) is 10.5. The molecule has 1 aliphatic rings. The van der Waals surface area contributed by atoms with Crippen molar-refractivity contribution in [3.8, 4) is 0 Å². The Bertz CT molecular complexity index is 471. The summed E-state index contributed by atoms with van der Waals surface area (Å²) in [6.45, 7) is 1.45. The molecular weight excluding hydrogens is 279 g/mol. The lowest BCUT2D eigenvalue weighted by molar-refractivity contribution is -0.117. The largest absolute Gasteiger partial charge is 0.324 e. The zero-order valence-electron chi connectivity index (χ0n) is 7.84. The molecule has 0 spiro atoms. The second kappa shape index (κ2) is 3.87. The molecule has 15 heavy (non-hydrogen) atoms. The Hall–Kier alpha value is -1.000. The van der Waals surface area contributed by atoms with Gasteiger partial charge in [-0.05, 0) is 28.1 Å². The van der Waals surface area contributed by atoms with Gasteiger partial charge in [-0.3, -0.25) is 10.1 Å². The molecule has 1 heterocycles. The van der Waals surface area contributed by atoms with E-state index in [-0.39, 0.29) is 5.91 Å². The number of carbonyl (C=O) groups is 1. The normalized spacial score (nSPS) is 12.9. The zero-order chi connectivity index (χ0) is 11.0. The third-order valence-electron chi connectivity index (χ3n) is 1.99. The van der Waals surface area contributed by atoms with Crippen molar-refractivity contribution in [2.45, 2.75) is 6.92 Å². The lowest BCUT2D eigenvalue weighted by atomic mass is 10.1. The number of benzene rings is 1. The first-order valence-corrected chi connectivity index (χ1v) is 5.43. The summed E-state index contributed by atoms with van der Waals surface area (Å²) < 4.78 is 0.788. The highest BCUT2D eigenvalue weighted by Crippen LogP contribution is 2.38. The fraction of sp³-hybridized carbons (Fsp3) is 0.100. The number of rotatable bonds is 1. The molecule has 0 atom stereocenters. The van der Waals surface area contributed by atoms with E-state index < -0.39 is 0 Å². The Kier molecular flexibility index (Phi) is 2.71.